The van der Waals surface area contributed by atoms with Gasteiger partial charge in [0.05, 0.1) is 17.1 Å². The molecule has 1 amide bonds. The molecular weight excluding hydrogens is 300 g/mol. The van der Waals surface area contributed by atoms with Gasteiger partial charge >= 0.3 is 5.97 Å². The predicted molar refractivity (Wildman–Crippen MR) is 83.4 cm³/mol. The van der Waals surface area contributed by atoms with Gasteiger partial charge in [0.2, 0.25) is 0 Å². The normalized spacial score (nSPS) is 9.96. The second-order valence-electron chi connectivity index (χ2n) is 4.56. The maximum absolute atomic E-state index is 12.1. The smallest absolute Gasteiger partial charge is 0.338 e. The van der Waals surface area contributed by atoms with E-state index in [4.69, 9.17) is 4.74 Å². The van der Waals surface area contributed by atoms with Gasteiger partial charge in [-0.05, 0) is 37.3 Å². The first-order chi connectivity index (χ1) is 11.0. The summed E-state index contributed by atoms with van der Waals surface area (Å²) in [4.78, 5) is 33.8. The number of nitrogens with one attached hydrogen (secondary N) is 1. The number of amides is 1. The van der Waals surface area contributed by atoms with Crippen molar-refractivity contribution < 1.29 is 19.2 Å². The Balaban J connectivity index is 2.12. The van der Waals surface area contributed by atoms with E-state index in [2.05, 4.69) is 5.32 Å². The van der Waals surface area contributed by atoms with Crippen LogP contribution in [0.5, 0.6) is 0 Å². The highest BCUT2D eigenvalue weighted by molar-refractivity contribution is 6.05. The Labute approximate surface area is 132 Å². The van der Waals surface area contributed by atoms with Gasteiger partial charge in [-0.3, -0.25) is 14.9 Å². The average Bonchev–Trinajstić information content (AvgIpc) is 2.55. The minimum atomic E-state index is -0.537. The van der Waals surface area contributed by atoms with Crippen molar-refractivity contribution in [2.24, 2.45) is 0 Å². The maximum Gasteiger partial charge on any atom is 0.338 e. The lowest BCUT2D eigenvalue weighted by Crippen LogP contribution is -2.12. The number of nitro groups is 1. The molecular formula is C16H14N2O5. The molecule has 0 unspecified atom stereocenters. The summed E-state index contributed by atoms with van der Waals surface area (Å²) in [6.45, 7) is 1.97. The fraction of sp³-hybridized carbons (Fsp3) is 0.125. The van der Waals surface area contributed by atoms with Crippen molar-refractivity contribution in [2.75, 3.05) is 11.9 Å². The van der Waals surface area contributed by atoms with Crippen molar-refractivity contribution in [1.29, 1.82) is 0 Å². The summed E-state index contributed by atoms with van der Waals surface area (Å²) >= 11 is 0. The molecule has 7 nitrogen and oxygen atoms in total. The lowest BCUT2D eigenvalue weighted by atomic mass is 10.1. The van der Waals surface area contributed by atoms with Crippen LogP contribution in [0.4, 0.5) is 11.4 Å². The highest BCUT2D eigenvalue weighted by Crippen LogP contribution is 2.15. The van der Waals surface area contributed by atoms with Gasteiger partial charge in [-0.2, -0.15) is 0 Å². The number of non-ortho nitro benzene ring substituents is 1. The highest BCUT2D eigenvalue weighted by Gasteiger charge is 2.11. The van der Waals surface area contributed by atoms with E-state index in [9.17, 15) is 19.7 Å². The first kappa shape index (κ1) is 16.2. The molecule has 7 heteroatoms. The number of nitrogens with zero attached hydrogens (tertiary/aromatic N) is 1. The van der Waals surface area contributed by atoms with E-state index in [1.165, 1.54) is 30.3 Å². The van der Waals surface area contributed by atoms with Crippen LogP contribution in [0.3, 0.4) is 0 Å². The molecule has 0 aromatic heterocycles. The van der Waals surface area contributed by atoms with Gasteiger partial charge in [0.1, 0.15) is 0 Å². The molecule has 0 saturated carbocycles. The number of rotatable bonds is 5. The SMILES string of the molecule is CCOC(=O)c1cccc(NC(=O)c2ccc([N+](=O)[O-])cc2)c1. The van der Waals surface area contributed by atoms with E-state index in [1.54, 1.807) is 25.1 Å². The number of esters is 1. The molecule has 0 radical (unpaired) electrons. The molecule has 0 fully saturated rings. The van der Waals surface area contributed by atoms with Gasteiger partial charge < -0.3 is 10.1 Å². The average molecular weight is 314 g/mol. The number of anilines is 1. The van der Waals surface area contributed by atoms with Gasteiger partial charge in [-0.25, -0.2) is 4.79 Å². The van der Waals surface area contributed by atoms with E-state index in [1.807, 2.05) is 0 Å². The maximum atomic E-state index is 12.1. The molecule has 0 aliphatic rings. The summed E-state index contributed by atoms with van der Waals surface area (Å²) in [5.41, 5.74) is 0.940. The fourth-order valence-corrected chi connectivity index (χ4v) is 1.88. The highest BCUT2D eigenvalue weighted by atomic mass is 16.6. The van der Waals surface area contributed by atoms with E-state index in [0.29, 0.717) is 11.3 Å². The number of carbonyl (C=O) groups excluding carboxylic acids is 2. The summed E-state index contributed by atoms with van der Waals surface area (Å²) in [7, 11) is 0. The molecule has 2 aromatic rings. The van der Waals surface area contributed by atoms with Crippen molar-refractivity contribution in [2.45, 2.75) is 6.92 Å². The van der Waals surface area contributed by atoms with E-state index in [0.717, 1.165) is 0 Å². The quantitative estimate of drug-likeness (QED) is 0.519. The second-order valence-corrected chi connectivity index (χ2v) is 4.56. The standard InChI is InChI=1S/C16H14N2O5/c1-2-23-16(20)12-4-3-5-13(10-12)17-15(19)11-6-8-14(9-7-11)18(21)22/h3-10H,2H2,1H3,(H,17,19). The van der Waals surface area contributed by atoms with Crippen molar-refractivity contribution in [1.82, 2.24) is 0 Å². The van der Waals surface area contributed by atoms with Crippen LogP contribution in [0.2, 0.25) is 0 Å². The lowest BCUT2D eigenvalue weighted by molar-refractivity contribution is -0.384. The van der Waals surface area contributed by atoms with Gasteiger partial charge in [0.15, 0.2) is 0 Å². The van der Waals surface area contributed by atoms with Gasteiger partial charge in [0, 0.05) is 23.4 Å². The van der Waals surface area contributed by atoms with Crippen LogP contribution in [0.15, 0.2) is 48.5 Å². The van der Waals surface area contributed by atoms with Crippen molar-refractivity contribution >= 4 is 23.3 Å². The van der Waals surface area contributed by atoms with Crippen molar-refractivity contribution in [3.05, 3.63) is 69.8 Å². The Kier molecular flexibility index (Phi) is 5.03. The van der Waals surface area contributed by atoms with Gasteiger partial charge in [-0.15, -0.1) is 0 Å². The monoisotopic (exact) mass is 314 g/mol. The molecule has 0 saturated heterocycles. The lowest BCUT2D eigenvalue weighted by Gasteiger charge is -2.07. The summed E-state index contributed by atoms with van der Waals surface area (Å²) in [5, 5.41) is 13.2. The van der Waals surface area contributed by atoms with Crippen LogP contribution in [-0.4, -0.2) is 23.4 Å². The Hall–Kier alpha value is -3.22. The summed E-state index contributed by atoms with van der Waals surface area (Å²) < 4.78 is 4.89. The minimum absolute atomic E-state index is 0.0918. The zero-order valence-corrected chi connectivity index (χ0v) is 12.3. The summed E-state index contributed by atoms with van der Waals surface area (Å²) in [6.07, 6.45) is 0. The van der Waals surface area contributed by atoms with E-state index >= 15 is 0 Å². The number of hydrogen-bond acceptors (Lipinski definition) is 5. The van der Waals surface area contributed by atoms with Gasteiger partial charge in [-0.1, -0.05) is 6.07 Å². The zero-order valence-electron chi connectivity index (χ0n) is 12.3. The molecule has 1 N–H and O–H groups in total. The van der Waals surface area contributed by atoms with Crippen LogP contribution in [0.25, 0.3) is 0 Å². The Bertz CT molecular complexity index is 740. The Morgan fingerprint density at radius 3 is 2.43 bits per heavy atom. The largest absolute Gasteiger partial charge is 0.462 e. The number of hydrogen-bond donors (Lipinski definition) is 1. The Morgan fingerprint density at radius 2 is 1.83 bits per heavy atom. The minimum Gasteiger partial charge on any atom is -0.462 e. The third-order valence-electron chi connectivity index (χ3n) is 2.97. The van der Waals surface area contributed by atoms with Crippen LogP contribution in [0, 0.1) is 10.1 Å². The molecule has 0 heterocycles. The molecule has 0 aliphatic heterocycles. The first-order valence-electron chi connectivity index (χ1n) is 6.84. The van der Waals surface area contributed by atoms with Crippen molar-refractivity contribution in [3.63, 3.8) is 0 Å². The van der Waals surface area contributed by atoms with E-state index < -0.39 is 16.8 Å². The summed E-state index contributed by atoms with van der Waals surface area (Å²) in [6, 6.07) is 11.6. The van der Waals surface area contributed by atoms with Crippen LogP contribution >= 0.6 is 0 Å². The molecule has 0 atom stereocenters. The van der Waals surface area contributed by atoms with E-state index in [-0.39, 0.29) is 17.9 Å². The molecule has 0 spiro atoms. The summed E-state index contributed by atoms with van der Waals surface area (Å²) in [5.74, 6) is -0.903. The number of benzene rings is 2. The third kappa shape index (κ3) is 4.13. The second kappa shape index (κ2) is 7.17. The molecule has 2 rings (SSSR count). The molecule has 118 valence electrons. The zero-order chi connectivity index (χ0) is 16.8. The fourth-order valence-electron chi connectivity index (χ4n) is 1.88. The van der Waals surface area contributed by atoms with Crippen LogP contribution in [0.1, 0.15) is 27.6 Å². The topological polar surface area (TPSA) is 98.5 Å². The van der Waals surface area contributed by atoms with Crippen LogP contribution in [-0.2, 0) is 4.74 Å². The first-order valence-corrected chi connectivity index (χ1v) is 6.84. The number of carbonyl (C=O) groups is 2. The van der Waals surface area contributed by atoms with Crippen LogP contribution < -0.4 is 5.32 Å². The molecule has 0 bridgehead atoms. The number of nitro benzene ring substituents is 1. The Morgan fingerprint density at radius 1 is 1.13 bits per heavy atom. The van der Waals surface area contributed by atoms with Gasteiger partial charge in [0.25, 0.3) is 11.6 Å². The third-order valence-corrected chi connectivity index (χ3v) is 2.97. The van der Waals surface area contributed by atoms with Crippen molar-refractivity contribution in [3.8, 4) is 0 Å². The molecule has 2 aromatic carbocycles. The molecule has 0 aliphatic carbocycles. The number of ether oxygens (including phenoxy) is 1. The molecule has 23 heavy (non-hydrogen) atoms. The predicted octanol–water partition coefficient (Wildman–Crippen LogP) is 3.02.